The van der Waals surface area contributed by atoms with E-state index in [-0.39, 0.29) is 0 Å². The fraction of sp³-hybridized carbons (Fsp3) is 0.300. The van der Waals surface area contributed by atoms with Gasteiger partial charge in [0.1, 0.15) is 0 Å². The van der Waals surface area contributed by atoms with Gasteiger partial charge in [0.25, 0.3) is 0 Å². The molecule has 1 atom stereocenters. The van der Waals surface area contributed by atoms with Gasteiger partial charge >= 0.3 is 0 Å². The smallest absolute Gasteiger partial charge is 0.0722 e. The molecule has 5 radical (unpaired) electrons. The third-order valence-corrected chi connectivity index (χ3v) is 1.83. The van der Waals surface area contributed by atoms with Gasteiger partial charge < -0.3 is 5.11 Å². The Morgan fingerprint density at radius 2 is 2.09 bits per heavy atom. The topological polar surface area (TPSA) is 20.2 Å². The molecule has 0 aromatic rings. The second-order valence-electron chi connectivity index (χ2n) is 2.94. The summed E-state index contributed by atoms with van der Waals surface area (Å²) in [6, 6.07) is 0. The predicted molar refractivity (Wildman–Crippen MR) is 45.9 cm³/mol. The molecule has 1 saturated carbocycles. The normalized spacial score (nSPS) is 24.9. The van der Waals surface area contributed by atoms with E-state index in [9.17, 15) is 5.11 Å². The van der Waals surface area contributed by atoms with Crippen molar-refractivity contribution in [2.75, 3.05) is 0 Å². The van der Waals surface area contributed by atoms with Crippen LogP contribution in [0.5, 0.6) is 0 Å². The summed E-state index contributed by atoms with van der Waals surface area (Å²) in [7, 11) is 0. The monoisotopic (exact) mass is 149 g/mol. The van der Waals surface area contributed by atoms with Crippen LogP contribution in [0.25, 0.3) is 0 Å². The molecule has 0 aromatic carbocycles. The van der Waals surface area contributed by atoms with Crippen molar-refractivity contribution in [2.45, 2.75) is 18.9 Å². The molecule has 11 heavy (non-hydrogen) atoms. The molecule has 0 spiro atoms. The summed E-state index contributed by atoms with van der Waals surface area (Å²) in [6.45, 7) is 5.39. The fourth-order valence-electron chi connectivity index (χ4n) is 1.13. The van der Waals surface area contributed by atoms with Gasteiger partial charge in [0.2, 0.25) is 0 Å². The summed E-state index contributed by atoms with van der Waals surface area (Å²) in [4.78, 5) is 0. The van der Waals surface area contributed by atoms with E-state index in [2.05, 4.69) is 6.58 Å². The minimum absolute atomic E-state index is 0.594. The van der Waals surface area contributed by atoms with Crippen LogP contribution in [0.3, 0.4) is 0 Å². The zero-order valence-corrected chi connectivity index (χ0v) is 6.75. The van der Waals surface area contributed by atoms with Crippen LogP contribution in [0.2, 0.25) is 0 Å². The average molecular weight is 149 g/mol. The molecule has 1 rings (SSSR count). The van der Waals surface area contributed by atoms with E-state index in [1.54, 1.807) is 13.0 Å². The van der Waals surface area contributed by atoms with E-state index in [0.717, 1.165) is 5.92 Å². The van der Waals surface area contributed by atoms with Gasteiger partial charge in [-0.15, -0.1) is 6.58 Å². The van der Waals surface area contributed by atoms with Crippen LogP contribution in [-0.2, 0) is 0 Å². The maximum Gasteiger partial charge on any atom is 0.0722 e. The summed E-state index contributed by atoms with van der Waals surface area (Å²) < 4.78 is 0. The molecular weight excluding hydrogens is 136 g/mol. The van der Waals surface area contributed by atoms with E-state index in [1.807, 2.05) is 25.7 Å². The van der Waals surface area contributed by atoms with Crippen LogP contribution >= 0.6 is 0 Å². The van der Waals surface area contributed by atoms with Gasteiger partial charge in [-0.25, -0.2) is 0 Å². The maximum atomic E-state index is 9.80. The molecule has 0 amide bonds. The molecule has 0 saturated heterocycles. The second kappa shape index (κ2) is 3.40. The molecule has 59 valence electrons. The minimum Gasteiger partial charge on any atom is -0.389 e. The molecule has 1 nitrogen and oxygen atoms in total. The first-order valence-corrected chi connectivity index (χ1v) is 3.72. The van der Waals surface area contributed by atoms with Crippen LogP contribution in [0.15, 0.2) is 12.7 Å². The molecule has 1 fully saturated rings. The van der Waals surface area contributed by atoms with Gasteiger partial charge in [0.05, 0.1) is 5.60 Å². The van der Waals surface area contributed by atoms with Crippen molar-refractivity contribution >= 4 is 0 Å². The summed E-state index contributed by atoms with van der Waals surface area (Å²) in [5.74, 6) is 0.956. The van der Waals surface area contributed by atoms with Crippen LogP contribution in [0, 0.1) is 31.6 Å². The van der Waals surface area contributed by atoms with Gasteiger partial charge in [-0.1, -0.05) is 6.08 Å². The highest BCUT2D eigenvalue weighted by Crippen LogP contribution is 2.35. The Balaban J connectivity index is 2.47. The van der Waals surface area contributed by atoms with Crippen molar-refractivity contribution in [1.82, 2.24) is 0 Å². The zero-order chi connectivity index (χ0) is 8.32. The van der Waals surface area contributed by atoms with Gasteiger partial charge in [0, 0.05) is 5.92 Å². The Morgan fingerprint density at radius 1 is 1.55 bits per heavy atom. The van der Waals surface area contributed by atoms with Gasteiger partial charge in [0.15, 0.2) is 0 Å². The van der Waals surface area contributed by atoms with Gasteiger partial charge in [-0.05, 0) is 39.0 Å². The molecule has 1 unspecified atom stereocenters. The highest BCUT2D eigenvalue weighted by atomic mass is 16.3. The Morgan fingerprint density at radius 3 is 2.55 bits per heavy atom. The van der Waals surface area contributed by atoms with Crippen molar-refractivity contribution in [3.05, 3.63) is 44.3 Å². The summed E-state index contributed by atoms with van der Waals surface area (Å²) in [6.07, 6.45) is 10.0. The van der Waals surface area contributed by atoms with Gasteiger partial charge in [-0.2, -0.15) is 0 Å². The van der Waals surface area contributed by atoms with Crippen molar-refractivity contribution in [3.63, 3.8) is 0 Å². The lowest BCUT2D eigenvalue weighted by atomic mass is 9.85. The third kappa shape index (κ3) is 2.06. The third-order valence-electron chi connectivity index (χ3n) is 1.83. The standard InChI is InChI=1S/C10H13O/c1-3-8-10(2,11)9-6-4-5-7-9/h3-7,11H,1,8H2,2H3. The minimum atomic E-state index is -0.745. The number of aliphatic hydroxyl groups is 1. The highest BCUT2D eigenvalue weighted by Gasteiger charge is 2.33. The van der Waals surface area contributed by atoms with Crippen LogP contribution in [0.1, 0.15) is 13.3 Å². The Labute approximate surface area is 69.1 Å². The van der Waals surface area contributed by atoms with Crippen molar-refractivity contribution in [2.24, 2.45) is 0 Å². The van der Waals surface area contributed by atoms with E-state index < -0.39 is 5.60 Å². The average Bonchev–Trinajstić information content (AvgIpc) is 2.37. The number of hydrogen-bond donors (Lipinski definition) is 1. The second-order valence-corrected chi connectivity index (χ2v) is 2.94. The van der Waals surface area contributed by atoms with Crippen LogP contribution in [0.4, 0.5) is 0 Å². The maximum absolute atomic E-state index is 9.80. The molecule has 0 aromatic heterocycles. The van der Waals surface area contributed by atoms with Crippen LogP contribution in [-0.4, -0.2) is 10.7 Å². The Kier molecular flexibility index (Phi) is 2.72. The number of rotatable bonds is 3. The molecule has 0 aliphatic heterocycles. The lowest BCUT2D eigenvalue weighted by molar-refractivity contribution is 0.0865. The van der Waals surface area contributed by atoms with E-state index in [4.69, 9.17) is 0 Å². The molecule has 1 aliphatic rings. The summed E-state index contributed by atoms with van der Waals surface area (Å²) >= 11 is 0. The van der Waals surface area contributed by atoms with E-state index in [0.29, 0.717) is 6.42 Å². The lowest BCUT2D eigenvalue weighted by Crippen LogP contribution is -2.30. The SMILES string of the molecule is C=CCC(C)(O)[C]1[CH][CH][CH][CH]1. The summed E-state index contributed by atoms with van der Waals surface area (Å²) in [5, 5.41) is 9.80. The number of hydrogen-bond acceptors (Lipinski definition) is 1. The van der Waals surface area contributed by atoms with Crippen molar-refractivity contribution < 1.29 is 5.11 Å². The van der Waals surface area contributed by atoms with Gasteiger partial charge in [-0.3, -0.25) is 0 Å². The van der Waals surface area contributed by atoms with E-state index in [1.165, 1.54) is 0 Å². The molecule has 0 bridgehead atoms. The molecule has 0 heterocycles. The quantitative estimate of drug-likeness (QED) is 0.606. The molecule has 1 heteroatoms. The predicted octanol–water partition coefficient (Wildman–Crippen LogP) is 1.72. The summed E-state index contributed by atoms with van der Waals surface area (Å²) in [5.41, 5.74) is -0.745. The first-order valence-electron chi connectivity index (χ1n) is 3.72. The molecular formula is C10H13O. The molecule has 1 aliphatic carbocycles. The Bertz CT molecular complexity index is 132. The lowest BCUT2D eigenvalue weighted by Gasteiger charge is -2.27. The molecule has 1 N–H and O–H groups in total. The first-order chi connectivity index (χ1) is 5.17. The first kappa shape index (κ1) is 8.79. The van der Waals surface area contributed by atoms with Crippen LogP contribution < -0.4 is 0 Å². The van der Waals surface area contributed by atoms with Crippen molar-refractivity contribution in [1.29, 1.82) is 0 Å². The van der Waals surface area contributed by atoms with E-state index >= 15 is 0 Å². The zero-order valence-electron chi connectivity index (χ0n) is 6.75. The highest BCUT2D eigenvalue weighted by molar-refractivity contribution is 5.40. The Hall–Kier alpha value is -0.300. The fourth-order valence-corrected chi connectivity index (χ4v) is 1.13. The van der Waals surface area contributed by atoms with Crippen molar-refractivity contribution in [3.8, 4) is 0 Å². The largest absolute Gasteiger partial charge is 0.389 e.